The van der Waals surface area contributed by atoms with E-state index in [-0.39, 0.29) is 12.1 Å². The average molecular weight is 287 g/mol. The molecule has 3 heteroatoms. The van der Waals surface area contributed by atoms with E-state index >= 15 is 0 Å². The first kappa shape index (κ1) is 15.6. The van der Waals surface area contributed by atoms with Crippen LogP contribution in [0.3, 0.4) is 0 Å². The lowest BCUT2D eigenvalue weighted by molar-refractivity contribution is 0.0171. The Kier molecular flexibility index (Phi) is 4.40. The number of benzene rings is 1. The summed E-state index contributed by atoms with van der Waals surface area (Å²) in [6, 6.07) is 6.49. The molecule has 1 aliphatic carbocycles. The Bertz CT molecular complexity index is 543. The summed E-state index contributed by atoms with van der Waals surface area (Å²) in [4.78, 5) is 14.3. The molecule has 1 atom stereocenters. The van der Waals surface area contributed by atoms with E-state index in [1.165, 1.54) is 11.1 Å². The zero-order chi connectivity index (χ0) is 15.6. The highest BCUT2D eigenvalue weighted by atomic mass is 16.6. The third-order valence-electron chi connectivity index (χ3n) is 3.80. The molecule has 0 saturated heterocycles. The first-order chi connectivity index (χ1) is 9.85. The van der Waals surface area contributed by atoms with Gasteiger partial charge in [-0.05, 0) is 63.3 Å². The van der Waals surface area contributed by atoms with E-state index in [1.807, 2.05) is 38.7 Å². The summed E-state index contributed by atoms with van der Waals surface area (Å²) >= 11 is 0. The van der Waals surface area contributed by atoms with Crippen molar-refractivity contribution in [3.05, 3.63) is 41.5 Å². The molecule has 1 unspecified atom stereocenters. The highest BCUT2D eigenvalue weighted by Gasteiger charge is 2.32. The summed E-state index contributed by atoms with van der Waals surface area (Å²) in [7, 11) is 0. The number of hydrogen-bond donors (Lipinski definition) is 0. The Labute approximate surface area is 127 Å². The minimum atomic E-state index is -0.463. The molecule has 0 aromatic heterocycles. The van der Waals surface area contributed by atoms with Gasteiger partial charge in [0.2, 0.25) is 0 Å². The molecule has 0 bridgehead atoms. The normalized spacial score (nSPS) is 17.2. The van der Waals surface area contributed by atoms with E-state index < -0.39 is 5.60 Å². The van der Waals surface area contributed by atoms with Crippen molar-refractivity contribution in [2.24, 2.45) is 0 Å². The first-order valence-electron chi connectivity index (χ1n) is 7.60. The number of fused-ring (bicyclic) bond motifs is 1. The molecule has 1 aliphatic rings. The van der Waals surface area contributed by atoms with Gasteiger partial charge in [0.25, 0.3) is 0 Å². The van der Waals surface area contributed by atoms with Crippen LogP contribution in [0, 0.1) is 0 Å². The topological polar surface area (TPSA) is 29.5 Å². The molecule has 21 heavy (non-hydrogen) atoms. The van der Waals surface area contributed by atoms with Crippen LogP contribution < -0.4 is 0 Å². The number of nitrogens with zero attached hydrogens (tertiary/aromatic N) is 1. The van der Waals surface area contributed by atoms with Gasteiger partial charge >= 0.3 is 6.09 Å². The van der Waals surface area contributed by atoms with Gasteiger partial charge in [0.1, 0.15) is 5.60 Å². The van der Waals surface area contributed by atoms with Crippen molar-refractivity contribution >= 4 is 12.2 Å². The van der Waals surface area contributed by atoms with Crippen LogP contribution in [0.4, 0.5) is 4.79 Å². The van der Waals surface area contributed by atoms with E-state index in [9.17, 15) is 4.79 Å². The molecule has 114 valence electrons. The van der Waals surface area contributed by atoms with Crippen LogP contribution in [0.1, 0.15) is 56.8 Å². The smallest absolute Gasteiger partial charge is 0.410 e. The van der Waals surface area contributed by atoms with Crippen molar-refractivity contribution in [2.45, 2.75) is 52.2 Å². The van der Waals surface area contributed by atoms with Crippen LogP contribution in [0.2, 0.25) is 0 Å². The number of hydrogen-bond acceptors (Lipinski definition) is 2. The SMILES string of the molecule is C=Cc1ccc2c(c1)C(N(CC)C(=O)OC(C)(C)C)CC2. The van der Waals surface area contributed by atoms with Gasteiger partial charge in [0, 0.05) is 6.54 Å². The fraction of sp³-hybridized carbons (Fsp3) is 0.500. The molecule has 1 aromatic carbocycles. The Morgan fingerprint density at radius 3 is 2.76 bits per heavy atom. The third kappa shape index (κ3) is 3.46. The van der Waals surface area contributed by atoms with Crippen LogP contribution in [-0.4, -0.2) is 23.1 Å². The molecular formula is C18H25NO2. The van der Waals surface area contributed by atoms with E-state index in [2.05, 4.69) is 24.8 Å². The van der Waals surface area contributed by atoms with Crippen molar-refractivity contribution in [2.75, 3.05) is 6.54 Å². The van der Waals surface area contributed by atoms with Crippen LogP contribution in [0.5, 0.6) is 0 Å². The van der Waals surface area contributed by atoms with E-state index in [0.717, 1.165) is 18.4 Å². The van der Waals surface area contributed by atoms with Gasteiger partial charge in [0.15, 0.2) is 0 Å². The summed E-state index contributed by atoms with van der Waals surface area (Å²) in [5.41, 5.74) is 3.20. The molecule has 0 aliphatic heterocycles. The molecule has 0 radical (unpaired) electrons. The van der Waals surface area contributed by atoms with E-state index in [4.69, 9.17) is 4.74 Å². The van der Waals surface area contributed by atoms with Gasteiger partial charge < -0.3 is 9.64 Å². The highest BCUT2D eigenvalue weighted by molar-refractivity contribution is 5.69. The predicted molar refractivity (Wildman–Crippen MR) is 86.2 cm³/mol. The second-order valence-electron chi connectivity index (χ2n) is 6.48. The second-order valence-corrected chi connectivity index (χ2v) is 6.48. The summed E-state index contributed by atoms with van der Waals surface area (Å²) < 4.78 is 5.54. The maximum Gasteiger partial charge on any atom is 0.410 e. The van der Waals surface area contributed by atoms with E-state index in [0.29, 0.717) is 6.54 Å². The fourth-order valence-electron chi connectivity index (χ4n) is 2.85. The maximum atomic E-state index is 12.4. The zero-order valence-corrected chi connectivity index (χ0v) is 13.5. The number of amides is 1. The fourth-order valence-corrected chi connectivity index (χ4v) is 2.85. The van der Waals surface area contributed by atoms with Crippen molar-refractivity contribution in [3.63, 3.8) is 0 Å². The van der Waals surface area contributed by atoms with Crippen LogP contribution in [0.25, 0.3) is 6.08 Å². The Hall–Kier alpha value is -1.77. The molecule has 0 fully saturated rings. The number of rotatable bonds is 3. The summed E-state index contributed by atoms with van der Waals surface area (Å²) in [6.45, 7) is 12.2. The minimum absolute atomic E-state index is 0.111. The van der Waals surface area contributed by atoms with Gasteiger partial charge in [0.05, 0.1) is 6.04 Å². The Morgan fingerprint density at radius 1 is 1.48 bits per heavy atom. The summed E-state index contributed by atoms with van der Waals surface area (Å²) in [5, 5.41) is 0. The molecule has 0 spiro atoms. The van der Waals surface area contributed by atoms with Gasteiger partial charge in [-0.15, -0.1) is 0 Å². The first-order valence-corrected chi connectivity index (χ1v) is 7.60. The molecule has 1 aromatic rings. The quantitative estimate of drug-likeness (QED) is 0.814. The molecule has 1 amide bonds. The molecule has 2 rings (SSSR count). The second kappa shape index (κ2) is 5.92. The van der Waals surface area contributed by atoms with Crippen LogP contribution >= 0.6 is 0 Å². The van der Waals surface area contributed by atoms with Gasteiger partial charge in [-0.25, -0.2) is 4.79 Å². The third-order valence-corrected chi connectivity index (χ3v) is 3.80. The van der Waals surface area contributed by atoms with Crippen molar-refractivity contribution in [1.82, 2.24) is 4.90 Å². The van der Waals surface area contributed by atoms with Crippen molar-refractivity contribution in [3.8, 4) is 0 Å². The van der Waals surface area contributed by atoms with E-state index in [1.54, 1.807) is 0 Å². The Balaban J connectivity index is 2.26. The number of carbonyl (C=O) groups excluding carboxylic acids is 1. The van der Waals surface area contributed by atoms with Gasteiger partial charge in [-0.3, -0.25) is 0 Å². The van der Waals surface area contributed by atoms with Gasteiger partial charge in [-0.1, -0.05) is 24.8 Å². The maximum absolute atomic E-state index is 12.4. The lowest BCUT2D eigenvalue weighted by atomic mass is 10.0. The molecule has 3 nitrogen and oxygen atoms in total. The number of aryl methyl sites for hydroxylation is 1. The lowest BCUT2D eigenvalue weighted by Crippen LogP contribution is -2.38. The van der Waals surface area contributed by atoms with Crippen LogP contribution in [0.15, 0.2) is 24.8 Å². The average Bonchev–Trinajstić information content (AvgIpc) is 2.80. The molecule has 0 heterocycles. The van der Waals surface area contributed by atoms with Crippen molar-refractivity contribution < 1.29 is 9.53 Å². The van der Waals surface area contributed by atoms with Crippen LogP contribution in [-0.2, 0) is 11.2 Å². The molecule has 0 N–H and O–H groups in total. The Morgan fingerprint density at radius 2 is 2.19 bits per heavy atom. The molecular weight excluding hydrogens is 262 g/mol. The zero-order valence-electron chi connectivity index (χ0n) is 13.5. The van der Waals surface area contributed by atoms with Crippen molar-refractivity contribution in [1.29, 1.82) is 0 Å². The summed E-state index contributed by atoms with van der Waals surface area (Å²) in [6.07, 6.45) is 3.59. The molecule has 0 saturated carbocycles. The number of ether oxygens (including phenoxy) is 1. The predicted octanol–water partition coefficient (Wildman–Crippen LogP) is 4.57. The summed E-state index contributed by atoms with van der Waals surface area (Å²) in [5.74, 6) is 0. The standard InChI is InChI=1S/C18H25NO2/c1-6-13-8-9-14-10-11-16(15(14)12-13)19(7-2)17(20)21-18(3,4)5/h6,8-9,12,16H,1,7,10-11H2,2-5H3. The largest absolute Gasteiger partial charge is 0.444 e. The minimum Gasteiger partial charge on any atom is -0.444 e. The monoisotopic (exact) mass is 287 g/mol. The van der Waals surface area contributed by atoms with Gasteiger partial charge in [-0.2, -0.15) is 0 Å². The number of carbonyl (C=O) groups is 1. The lowest BCUT2D eigenvalue weighted by Gasteiger charge is -2.31. The highest BCUT2D eigenvalue weighted by Crippen LogP contribution is 2.37.